The Morgan fingerprint density at radius 3 is 3.08 bits per heavy atom. The Labute approximate surface area is 149 Å². The van der Waals surface area contributed by atoms with E-state index in [0.29, 0.717) is 41.3 Å². The van der Waals surface area contributed by atoms with Crippen molar-refractivity contribution in [2.24, 2.45) is 0 Å². The van der Waals surface area contributed by atoms with E-state index in [0.717, 1.165) is 19.3 Å². The number of aryl methyl sites for hydroxylation is 2. The number of nitrogens with one attached hydrogen (secondary N) is 1. The van der Waals surface area contributed by atoms with Crippen LogP contribution in [0.3, 0.4) is 0 Å². The Balaban J connectivity index is 1.75. The van der Waals surface area contributed by atoms with Crippen molar-refractivity contribution in [1.29, 1.82) is 0 Å². The molecule has 0 saturated carbocycles. The molecule has 3 aromatic rings. The van der Waals surface area contributed by atoms with E-state index < -0.39 is 0 Å². The Bertz CT molecular complexity index is 1020. The van der Waals surface area contributed by atoms with Crippen LogP contribution < -0.4 is 5.56 Å². The lowest BCUT2D eigenvalue weighted by molar-refractivity contribution is 0.0603. The number of carbonyl (C=O) groups is 1. The van der Waals surface area contributed by atoms with Gasteiger partial charge in [-0.3, -0.25) is 14.7 Å². The lowest BCUT2D eigenvalue weighted by atomic mass is 9.97. The van der Waals surface area contributed by atoms with E-state index in [1.807, 2.05) is 11.8 Å². The third-order valence-corrected chi connectivity index (χ3v) is 4.99. The molecule has 1 aliphatic rings. The van der Waals surface area contributed by atoms with E-state index in [4.69, 9.17) is 4.52 Å². The minimum atomic E-state index is -0.220. The average molecular weight is 355 g/mol. The van der Waals surface area contributed by atoms with Crippen LogP contribution in [0.15, 0.2) is 27.6 Å². The van der Waals surface area contributed by atoms with Crippen molar-refractivity contribution in [3.05, 3.63) is 51.4 Å². The van der Waals surface area contributed by atoms with Gasteiger partial charge in [0.2, 0.25) is 0 Å². The highest BCUT2D eigenvalue weighted by molar-refractivity contribution is 5.96. The maximum Gasteiger partial charge on any atom is 0.272 e. The Morgan fingerprint density at radius 2 is 2.27 bits per heavy atom. The van der Waals surface area contributed by atoms with Gasteiger partial charge in [0.15, 0.2) is 5.65 Å². The molecule has 136 valence electrons. The van der Waals surface area contributed by atoms with Gasteiger partial charge in [0.25, 0.3) is 11.5 Å². The minimum Gasteiger partial charge on any atom is -0.361 e. The van der Waals surface area contributed by atoms with Crippen LogP contribution in [0.4, 0.5) is 0 Å². The third-order valence-electron chi connectivity index (χ3n) is 4.99. The fourth-order valence-electron chi connectivity index (χ4n) is 3.68. The first kappa shape index (κ1) is 16.6. The predicted octanol–water partition coefficient (Wildman–Crippen LogP) is 2.25. The maximum atomic E-state index is 13.3. The van der Waals surface area contributed by atoms with Gasteiger partial charge in [-0.05, 0) is 32.6 Å². The summed E-state index contributed by atoms with van der Waals surface area (Å²) in [4.78, 5) is 32.0. The van der Waals surface area contributed by atoms with Crippen LogP contribution in [0.25, 0.3) is 5.65 Å². The second-order valence-corrected chi connectivity index (χ2v) is 6.60. The Morgan fingerprint density at radius 1 is 1.42 bits per heavy atom. The molecule has 1 atom stereocenters. The molecule has 0 radical (unpaired) electrons. The zero-order valence-electron chi connectivity index (χ0n) is 14.9. The first-order valence-electron chi connectivity index (χ1n) is 8.93. The van der Waals surface area contributed by atoms with Gasteiger partial charge in [-0.15, -0.1) is 0 Å². The van der Waals surface area contributed by atoms with E-state index >= 15 is 0 Å². The molecule has 0 unspecified atom stereocenters. The topological polar surface area (TPSA) is 96.5 Å². The molecule has 8 nitrogen and oxygen atoms in total. The van der Waals surface area contributed by atoms with E-state index in [2.05, 4.69) is 15.2 Å². The fraction of sp³-hybridized carbons (Fsp3) is 0.444. The number of fused-ring (bicyclic) bond motifs is 1. The maximum absolute atomic E-state index is 13.3. The zero-order valence-corrected chi connectivity index (χ0v) is 14.9. The van der Waals surface area contributed by atoms with E-state index in [1.165, 1.54) is 10.6 Å². The lowest BCUT2D eigenvalue weighted by Gasteiger charge is -2.35. The average Bonchev–Trinajstić information content (AvgIpc) is 3.27. The smallest absolute Gasteiger partial charge is 0.272 e. The van der Waals surface area contributed by atoms with Gasteiger partial charge in [0.05, 0.1) is 17.4 Å². The van der Waals surface area contributed by atoms with Gasteiger partial charge in [-0.25, -0.2) is 9.50 Å². The SMILES string of the molecule is CCc1noc(C)c1C(=O)N1CCCC[C@H]1c1cc(=O)n2[nH]ccc2n1. The number of carbonyl (C=O) groups excluding carboxylic acids is 1. The molecule has 1 N–H and O–H groups in total. The summed E-state index contributed by atoms with van der Waals surface area (Å²) in [5.41, 5.74) is 2.23. The molecule has 0 aliphatic carbocycles. The number of amides is 1. The molecule has 0 spiro atoms. The third kappa shape index (κ3) is 2.61. The zero-order chi connectivity index (χ0) is 18.3. The summed E-state index contributed by atoms with van der Waals surface area (Å²) in [6.45, 7) is 4.34. The van der Waals surface area contributed by atoms with E-state index in [1.54, 1.807) is 19.2 Å². The number of likely N-dealkylation sites (tertiary alicyclic amines) is 1. The normalized spacial score (nSPS) is 17.8. The van der Waals surface area contributed by atoms with Gasteiger partial charge in [-0.2, -0.15) is 0 Å². The molecule has 1 aliphatic heterocycles. The predicted molar refractivity (Wildman–Crippen MR) is 94.1 cm³/mol. The number of rotatable bonds is 3. The van der Waals surface area contributed by atoms with Crippen LogP contribution in [0.1, 0.15) is 59.7 Å². The highest BCUT2D eigenvalue weighted by Crippen LogP contribution is 2.32. The Hall–Kier alpha value is -2.90. The van der Waals surface area contributed by atoms with Crippen molar-refractivity contribution < 1.29 is 9.32 Å². The molecule has 26 heavy (non-hydrogen) atoms. The Kier molecular flexibility index (Phi) is 4.10. The summed E-state index contributed by atoms with van der Waals surface area (Å²) in [5, 5.41) is 6.84. The highest BCUT2D eigenvalue weighted by atomic mass is 16.5. The minimum absolute atomic E-state index is 0.0960. The van der Waals surface area contributed by atoms with Gasteiger partial charge >= 0.3 is 0 Å². The molecule has 4 rings (SSSR count). The van der Waals surface area contributed by atoms with Gasteiger partial charge in [-0.1, -0.05) is 12.1 Å². The molecule has 3 aromatic heterocycles. The van der Waals surface area contributed by atoms with Crippen LogP contribution in [0, 0.1) is 6.92 Å². The molecule has 1 amide bonds. The summed E-state index contributed by atoms with van der Waals surface area (Å²) in [6, 6.07) is 3.04. The second-order valence-electron chi connectivity index (χ2n) is 6.60. The quantitative estimate of drug-likeness (QED) is 0.777. The summed E-state index contributed by atoms with van der Waals surface area (Å²) in [5.74, 6) is 0.437. The van der Waals surface area contributed by atoms with Crippen LogP contribution in [-0.4, -0.2) is 37.1 Å². The van der Waals surface area contributed by atoms with Crippen LogP contribution in [-0.2, 0) is 6.42 Å². The van der Waals surface area contributed by atoms with Gasteiger partial charge in [0, 0.05) is 24.9 Å². The largest absolute Gasteiger partial charge is 0.361 e. The molecule has 0 aromatic carbocycles. The highest BCUT2D eigenvalue weighted by Gasteiger charge is 2.33. The van der Waals surface area contributed by atoms with Gasteiger partial charge < -0.3 is 9.42 Å². The first-order chi connectivity index (χ1) is 12.6. The van der Waals surface area contributed by atoms with Crippen LogP contribution in [0.2, 0.25) is 0 Å². The van der Waals surface area contributed by atoms with Crippen molar-refractivity contribution in [2.75, 3.05) is 6.54 Å². The molecule has 1 saturated heterocycles. The molecular weight excluding hydrogens is 334 g/mol. The number of aromatic amines is 1. The monoisotopic (exact) mass is 355 g/mol. The van der Waals surface area contributed by atoms with Crippen LogP contribution >= 0.6 is 0 Å². The molecular formula is C18H21N5O3. The number of nitrogens with zero attached hydrogens (tertiary/aromatic N) is 4. The standard InChI is InChI=1S/C18H21N5O3/c1-3-12-17(11(2)26-21-12)18(25)22-9-5-4-6-14(22)13-10-16(24)23-15(20-13)7-8-19-23/h7-8,10,14,19H,3-6,9H2,1-2H3/t14-/m0/s1. The fourth-order valence-corrected chi connectivity index (χ4v) is 3.68. The number of hydrogen-bond acceptors (Lipinski definition) is 5. The van der Waals surface area contributed by atoms with Crippen molar-refractivity contribution in [1.82, 2.24) is 24.7 Å². The number of H-pyrrole nitrogens is 1. The number of hydrogen-bond donors (Lipinski definition) is 1. The van der Waals surface area contributed by atoms with Gasteiger partial charge in [0.1, 0.15) is 11.3 Å². The second kappa shape index (κ2) is 6.44. The molecule has 0 bridgehead atoms. The summed E-state index contributed by atoms with van der Waals surface area (Å²) in [6.07, 6.45) is 5.01. The molecule has 4 heterocycles. The molecule has 1 fully saturated rings. The van der Waals surface area contributed by atoms with Crippen LogP contribution in [0.5, 0.6) is 0 Å². The van der Waals surface area contributed by atoms with E-state index in [-0.39, 0.29) is 17.5 Å². The summed E-state index contributed by atoms with van der Waals surface area (Å²) in [7, 11) is 0. The van der Waals surface area contributed by atoms with Crippen molar-refractivity contribution >= 4 is 11.6 Å². The van der Waals surface area contributed by atoms with Crippen molar-refractivity contribution in [3.8, 4) is 0 Å². The van der Waals surface area contributed by atoms with Crippen molar-refractivity contribution in [3.63, 3.8) is 0 Å². The summed E-state index contributed by atoms with van der Waals surface area (Å²) >= 11 is 0. The summed E-state index contributed by atoms with van der Waals surface area (Å²) < 4.78 is 6.62. The van der Waals surface area contributed by atoms with Crippen molar-refractivity contribution in [2.45, 2.75) is 45.6 Å². The van der Waals surface area contributed by atoms with E-state index in [9.17, 15) is 9.59 Å². The lowest BCUT2D eigenvalue weighted by Crippen LogP contribution is -2.40. The first-order valence-corrected chi connectivity index (χ1v) is 8.93. The number of aromatic nitrogens is 4. The molecule has 8 heteroatoms. The number of piperidine rings is 1.